The Balaban J connectivity index is 1.87. The zero-order valence-corrected chi connectivity index (χ0v) is 18.3. The summed E-state index contributed by atoms with van der Waals surface area (Å²) < 4.78 is 36.8. The molecule has 1 aromatic carbocycles. The minimum absolute atomic E-state index is 0.0402. The first-order valence-electron chi connectivity index (χ1n) is 9.59. The number of carbonyl (C=O) groups is 4. The molecule has 0 fully saturated rings. The molecule has 2 rings (SSSR count). The SMILES string of the molecule is CCOC(=O)C1=C(COC(=O)CCNS(=O)(=O)c2ccc(NC(C)=O)cc2)NC(=O)NC1. The van der Waals surface area contributed by atoms with E-state index in [1.807, 2.05) is 0 Å². The van der Waals surface area contributed by atoms with E-state index in [9.17, 15) is 27.6 Å². The Morgan fingerprint density at radius 3 is 2.44 bits per heavy atom. The number of ether oxygens (including phenoxy) is 2. The number of hydrogen-bond acceptors (Lipinski definition) is 8. The maximum atomic E-state index is 12.3. The molecule has 0 bridgehead atoms. The van der Waals surface area contributed by atoms with Gasteiger partial charge >= 0.3 is 18.0 Å². The van der Waals surface area contributed by atoms with E-state index in [-0.39, 0.29) is 54.8 Å². The zero-order valence-electron chi connectivity index (χ0n) is 17.5. The van der Waals surface area contributed by atoms with E-state index in [4.69, 9.17) is 9.47 Å². The summed E-state index contributed by atoms with van der Waals surface area (Å²) in [5, 5.41) is 7.34. The van der Waals surface area contributed by atoms with Gasteiger partial charge in [-0.1, -0.05) is 0 Å². The van der Waals surface area contributed by atoms with Gasteiger partial charge in [-0.2, -0.15) is 0 Å². The summed E-state index contributed by atoms with van der Waals surface area (Å²) in [7, 11) is -3.88. The molecular weight excluding hydrogens is 444 g/mol. The lowest BCUT2D eigenvalue weighted by molar-refractivity contribution is -0.143. The second kappa shape index (κ2) is 11.2. The van der Waals surface area contributed by atoms with Crippen LogP contribution in [0.4, 0.5) is 10.5 Å². The molecule has 1 aromatic rings. The van der Waals surface area contributed by atoms with Gasteiger partial charge in [-0.25, -0.2) is 22.7 Å². The summed E-state index contributed by atoms with van der Waals surface area (Å²) in [6, 6.07) is 4.95. The van der Waals surface area contributed by atoms with Crippen LogP contribution in [0.3, 0.4) is 0 Å². The van der Waals surface area contributed by atoms with Crippen molar-refractivity contribution >= 4 is 39.6 Å². The Labute approximate surface area is 184 Å². The lowest BCUT2D eigenvalue weighted by Gasteiger charge is -2.21. The Morgan fingerprint density at radius 1 is 1.12 bits per heavy atom. The number of carbonyl (C=O) groups excluding carboxylic acids is 4. The van der Waals surface area contributed by atoms with Gasteiger partial charge < -0.3 is 25.4 Å². The third-order valence-corrected chi connectivity index (χ3v) is 5.54. The Morgan fingerprint density at radius 2 is 1.81 bits per heavy atom. The molecule has 0 radical (unpaired) electrons. The highest BCUT2D eigenvalue weighted by Gasteiger charge is 2.24. The van der Waals surface area contributed by atoms with Gasteiger partial charge in [0, 0.05) is 19.2 Å². The first-order chi connectivity index (χ1) is 15.1. The summed E-state index contributed by atoms with van der Waals surface area (Å²) in [5.41, 5.74) is 0.671. The van der Waals surface area contributed by atoms with Crippen molar-refractivity contribution in [2.24, 2.45) is 0 Å². The number of benzene rings is 1. The third kappa shape index (κ3) is 7.35. The van der Waals surface area contributed by atoms with E-state index in [1.165, 1.54) is 31.2 Å². The van der Waals surface area contributed by atoms with E-state index < -0.39 is 28.0 Å². The molecule has 1 aliphatic heterocycles. The fraction of sp³-hybridized carbons (Fsp3) is 0.368. The molecule has 3 amide bonds. The molecule has 4 N–H and O–H groups in total. The molecule has 174 valence electrons. The van der Waals surface area contributed by atoms with Gasteiger partial charge in [0.25, 0.3) is 0 Å². The van der Waals surface area contributed by atoms with Crippen LogP contribution < -0.4 is 20.7 Å². The van der Waals surface area contributed by atoms with Gasteiger partial charge in [-0.05, 0) is 31.2 Å². The molecule has 0 aliphatic carbocycles. The van der Waals surface area contributed by atoms with Gasteiger partial charge in [0.1, 0.15) is 6.61 Å². The van der Waals surface area contributed by atoms with Crippen LogP contribution in [-0.2, 0) is 33.9 Å². The Kier molecular flexibility index (Phi) is 8.72. The summed E-state index contributed by atoms with van der Waals surface area (Å²) in [6.07, 6.45) is -0.280. The van der Waals surface area contributed by atoms with Crippen molar-refractivity contribution in [3.05, 3.63) is 35.5 Å². The lowest BCUT2D eigenvalue weighted by atomic mass is 10.2. The fourth-order valence-corrected chi connectivity index (χ4v) is 3.62. The van der Waals surface area contributed by atoms with Gasteiger partial charge in [0.15, 0.2) is 0 Å². The van der Waals surface area contributed by atoms with Crippen LogP contribution in [0.15, 0.2) is 40.4 Å². The summed E-state index contributed by atoms with van der Waals surface area (Å²) in [4.78, 5) is 46.4. The van der Waals surface area contributed by atoms with Crippen molar-refractivity contribution in [2.75, 3.05) is 31.6 Å². The predicted octanol–water partition coefficient (Wildman–Crippen LogP) is -0.0134. The highest BCUT2D eigenvalue weighted by molar-refractivity contribution is 7.89. The van der Waals surface area contributed by atoms with Gasteiger partial charge in [-0.15, -0.1) is 0 Å². The molecule has 12 nitrogen and oxygen atoms in total. The first kappa shape index (κ1) is 24.8. The average molecular weight is 468 g/mol. The molecule has 1 aliphatic rings. The van der Waals surface area contributed by atoms with E-state index in [2.05, 4.69) is 20.7 Å². The number of esters is 2. The lowest BCUT2D eigenvalue weighted by Crippen LogP contribution is -2.45. The molecule has 32 heavy (non-hydrogen) atoms. The molecule has 0 atom stereocenters. The number of nitrogens with one attached hydrogen (secondary N) is 4. The number of rotatable bonds is 10. The van der Waals surface area contributed by atoms with Gasteiger partial charge in [0.05, 0.1) is 35.7 Å². The van der Waals surface area contributed by atoms with Crippen molar-refractivity contribution < 1.29 is 37.1 Å². The summed E-state index contributed by atoms with van der Waals surface area (Å²) in [5.74, 6) is -1.67. The molecule has 13 heteroatoms. The van der Waals surface area contributed by atoms with E-state index in [0.29, 0.717) is 5.69 Å². The minimum atomic E-state index is -3.88. The molecule has 1 heterocycles. The quantitative estimate of drug-likeness (QED) is 0.347. The molecule has 0 saturated heterocycles. The minimum Gasteiger partial charge on any atom is -0.463 e. The Hall–Kier alpha value is -3.45. The molecule has 0 unspecified atom stereocenters. The molecule has 0 spiro atoms. The fourth-order valence-electron chi connectivity index (χ4n) is 2.59. The number of sulfonamides is 1. The molecule has 0 saturated carbocycles. The maximum absolute atomic E-state index is 12.3. The topological polar surface area (TPSA) is 169 Å². The number of hydrogen-bond donors (Lipinski definition) is 4. The van der Waals surface area contributed by atoms with Crippen LogP contribution >= 0.6 is 0 Å². The van der Waals surface area contributed by atoms with Crippen LogP contribution in [0.2, 0.25) is 0 Å². The van der Waals surface area contributed by atoms with Crippen LogP contribution in [-0.4, -0.2) is 58.6 Å². The highest BCUT2D eigenvalue weighted by atomic mass is 32.2. The second-order valence-corrected chi connectivity index (χ2v) is 8.27. The van der Waals surface area contributed by atoms with Crippen molar-refractivity contribution in [3.8, 4) is 0 Å². The van der Waals surface area contributed by atoms with Crippen LogP contribution in [0.5, 0.6) is 0 Å². The van der Waals surface area contributed by atoms with Crippen molar-refractivity contribution in [3.63, 3.8) is 0 Å². The standard InChI is InChI=1S/C19H24N4O8S/c1-3-30-18(26)15-10-20-19(27)23-16(15)11-31-17(25)8-9-21-32(28,29)14-6-4-13(5-7-14)22-12(2)24/h4-7,21H,3,8-11H2,1-2H3,(H,22,24)(H2,20,23,27). The van der Waals surface area contributed by atoms with Gasteiger partial charge in [0.2, 0.25) is 15.9 Å². The maximum Gasteiger partial charge on any atom is 0.337 e. The predicted molar refractivity (Wildman–Crippen MR) is 112 cm³/mol. The molecular formula is C19H24N4O8S. The van der Waals surface area contributed by atoms with Crippen LogP contribution in [0.25, 0.3) is 0 Å². The van der Waals surface area contributed by atoms with E-state index in [1.54, 1.807) is 6.92 Å². The smallest absolute Gasteiger partial charge is 0.337 e. The molecule has 0 aromatic heterocycles. The van der Waals surface area contributed by atoms with Crippen LogP contribution in [0, 0.1) is 0 Å². The number of amides is 3. The van der Waals surface area contributed by atoms with Crippen molar-refractivity contribution in [1.29, 1.82) is 0 Å². The number of anilines is 1. The van der Waals surface area contributed by atoms with E-state index >= 15 is 0 Å². The number of urea groups is 1. The van der Waals surface area contributed by atoms with Crippen LogP contribution in [0.1, 0.15) is 20.3 Å². The zero-order chi connectivity index (χ0) is 23.7. The van der Waals surface area contributed by atoms with E-state index in [0.717, 1.165) is 0 Å². The monoisotopic (exact) mass is 468 g/mol. The largest absolute Gasteiger partial charge is 0.463 e. The second-order valence-electron chi connectivity index (χ2n) is 6.50. The Bertz CT molecular complexity index is 1020. The first-order valence-corrected chi connectivity index (χ1v) is 11.1. The van der Waals surface area contributed by atoms with Crippen molar-refractivity contribution in [1.82, 2.24) is 15.4 Å². The normalized spacial score (nSPS) is 13.6. The van der Waals surface area contributed by atoms with Crippen molar-refractivity contribution in [2.45, 2.75) is 25.2 Å². The average Bonchev–Trinajstić information content (AvgIpc) is 2.72. The summed E-state index contributed by atoms with van der Waals surface area (Å²) >= 11 is 0. The summed E-state index contributed by atoms with van der Waals surface area (Å²) in [6.45, 7) is 2.42. The highest BCUT2D eigenvalue weighted by Crippen LogP contribution is 2.14. The van der Waals surface area contributed by atoms with Gasteiger partial charge in [-0.3, -0.25) is 9.59 Å². The third-order valence-electron chi connectivity index (χ3n) is 4.06.